The molecule has 1 atom stereocenters. The molecule has 22 heavy (non-hydrogen) atoms. The number of amides is 1. The van der Waals surface area contributed by atoms with Gasteiger partial charge in [-0.25, -0.2) is 4.98 Å². The normalized spacial score (nSPS) is 11.9. The lowest BCUT2D eigenvalue weighted by Gasteiger charge is -2.14. The Balaban J connectivity index is 1.71. The van der Waals surface area contributed by atoms with E-state index in [-0.39, 0.29) is 11.9 Å². The molecule has 110 valence electrons. The van der Waals surface area contributed by atoms with E-state index in [4.69, 9.17) is 0 Å². The predicted octanol–water partition coefficient (Wildman–Crippen LogP) is 2.96. The van der Waals surface area contributed by atoms with Crippen molar-refractivity contribution in [3.63, 3.8) is 0 Å². The van der Waals surface area contributed by atoms with Crippen molar-refractivity contribution in [1.29, 1.82) is 0 Å². The maximum atomic E-state index is 12.0. The van der Waals surface area contributed by atoms with Crippen molar-refractivity contribution in [2.45, 2.75) is 13.0 Å². The minimum absolute atomic E-state index is 0.0845. The first-order valence-corrected chi connectivity index (χ1v) is 7.03. The Kier molecular flexibility index (Phi) is 3.96. The first-order valence-electron chi connectivity index (χ1n) is 7.03. The Morgan fingerprint density at radius 3 is 2.55 bits per heavy atom. The molecular formula is C17H16N4O. The molecule has 5 nitrogen and oxygen atoms in total. The average molecular weight is 292 g/mol. The van der Waals surface area contributed by atoms with Gasteiger partial charge in [-0.05, 0) is 29.7 Å². The Hall–Kier alpha value is -2.95. The molecule has 1 aromatic carbocycles. The molecule has 0 radical (unpaired) electrons. The second-order valence-corrected chi connectivity index (χ2v) is 5.02. The fraction of sp³-hybridized carbons (Fsp3) is 0.118. The molecule has 0 aliphatic rings. The highest BCUT2D eigenvalue weighted by Gasteiger charge is 2.12. The number of aromatic nitrogens is 3. The molecule has 0 saturated carbocycles. The van der Waals surface area contributed by atoms with E-state index in [0.29, 0.717) is 5.69 Å². The van der Waals surface area contributed by atoms with Crippen LogP contribution in [0.4, 0.5) is 0 Å². The van der Waals surface area contributed by atoms with Crippen molar-refractivity contribution in [3.8, 4) is 11.1 Å². The van der Waals surface area contributed by atoms with Crippen molar-refractivity contribution >= 4 is 5.91 Å². The SMILES string of the molecule is C[C@@H](NC(=O)c1cnc[nH]1)c1ccc(-c2cccnc2)cc1. The molecule has 0 fully saturated rings. The van der Waals surface area contributed by atoms with Gasteiger partial charge < -0.3 is 10.3 Å². The topological polar surface area (TPSA) is 70.7 Å². The number of imidazole rings is 1. The number of H-pyrrole nitrogens is 1. The van der Waals surface area contributed by atoms with E-state index < -0.39 is 0 Å². The van der Waals surface area contributed by atoms with E-state index in [1.807, 2.05) is 49.5 Å². The maximum absolute atomic E-state index is 12.0. The van der Waals surface area contributed by atoms with Crippen LogP contribution >= 0.6 is 0 Å². The average Bonchev–Trinajstić information content (AvgIpc) is 3.10. The third-order valence-electron chi connectivity index (χ3n) is 3.50. The number of carbonyl (C=O) groups excluding carboxylic acids is 1. The van der Waals surface area contributed by atoms with Crippen LogP contribution in [0.5, 0.6) is 0 Å². The van der Waals surface area contributed by atoms with Gasteiger partial charge in [-0.1, -0.05) is 30.3 Å². The lowest BCUT2D eigenvalue weighted by atomic mass is 10.0. The van der Waals surface area contributed by atoms with Crippen LogP contribution in [0.2, 0.25) is 0 Å². The fourth-order valence-corrected chi connectivity index (χ4v) is 2.24. The van der Waals surface area contributed by atoms with Crippen molar-refractivity contribution < 1.29 is 4.79 Å². The number of hydrogen-bond donors (Lipinski definition) is 2. The summed E-state index contributed by atoms with van der Waals surface area (Å²) < 4.78 is 0. The second-order valence-electron chi connectivity index (χ2n) is 5.02. The summed E-state index contributed by atoms with van der Waals surface area (Å²) in [6.45, 7) is 1.95. The highest BCUT2D eigenvalue weighted by atomic mass is 16.1. The van der Waals surface area contributed by atoms with E-state index in [9.17, 15) is 4.79 Å². The van der Waals surface area contributed by atoms with Crippen LogP contribution in [0.1, 0.15) is 29.0 Å². The Morgan fingerprint density at radius 1 is 1.09 bits per heavy atom. The summed E-state index contributed by atoms with van der Waals surface area (Å²) in [5.74, 6) is -0.165. The van der Waals surface area contributed by atoms with E-state index in [1.165, 1.54) is 12.5 Å². The zero-order chi connectivity index (χ0) is 15.4. The predicted molar refractivity (Wildman–Crippen MR) is 84.1 cm³/mol. The largest absolute Gasteiger partial charge is 0.344 e. The molecule has 0 unspecified atom stereocenters. The third kappa shape index (κ3) is 3.03. The first-order chi connectivity index (χ1) is 10.7. The molecule has 0 spiro atoms. The highest BCUT2D eigenvalue weighted by molar-refractivity contribution is 5.92. The summed E-state index contributed by atoms with van der Waals surface area (Å²) in [4.78, 5) is 22.7. The number of rotatable bonds is 4. The lowest BCUT2D eigenvalue weighted by molar-refractivity contribution is 0.0935. The minimum Gasteiger partial charge on any atom is -0.344 e. The number of benzene rings is 1. The van der Waals surface area contributed by atoms with Gasteiger partial charge in [-0.2, -0.15) is 0 Å². The number of hydrogen-bond acceptors (Lipinski definition) is 3. The van der Waals surface area contributed by atoms with Crippen LogP contribution in [0.3, 0.4) is 0 Å². The monoisotopic (exact) mass is 292 g/mol. The van der Waals surface area contributed by atoms with E-state index in [2.05, 4.69) is 20.3 Å². The Morgan fingerprint density at radius 2 is 1.91 bits per heavy atom. The summed E-state index contributed by atoms with van der Waals surface area (Å²) in [7, 11) is 0. The lowest BCUT2D eigenvalue weighted by Crippen LogP contribution is -2.26. The van der Waals surface area contributed by atoms with Crippen molar-refractivity contribution in [1.82, 2.24) is 20.3 Å². The third-order valence-corrected chi connectivity index (χ3v) is 3.50. The summed E-state index contributed by atoms with van der Waals surface area (Å²) in [6, 6.07) is 11.9. The quantitative estimate of drug-likeness (QED) is 0.776. The molecule has 0 bridgehead atoms. The smallest absolute Gasteiger partial charge is 0.269 e. The van der Waals surface area contributed by atoms with Gasteiger partial charge in [0, 0.05) is 12.4 Å². The molecule has 3 rings (SSSR count). The van der Waals surface area contributed by atoms with Crippen LogP contribution in [-0.4, -0.2) is 20.9 Å². The van der Waals surface area contributed by atoms with Gasteiger partial charge in [0.2, 0.25) is 0 Å². The van der Waals surface area contributed by atoms with Crippen molar-refractivity contribution in [3.05, 3.63) is 72.6 Å². The standard InChI is InChI=1S/C17H16N4O/c1-12(21-17(22)16-10-19-11-20-16)13-4-6-14(7-5-13)15-3-2-8-18-9-15/h2-12H,1H3,(H,19,20)(H,21,22)/t12-/m1/s1. The molecule has 2 N–H and O–H groups in total. The summed E-state index contributed by atoms with van der Waals surface area (Å²) in [5.41, 5.74) is 3.67. The summed E-state index contributed by atoms with van der Waals surface area (Å²) >= 11 is 0. The van der Waals surface area contributed by atoms with Crippen LogP contribution in [0, 0.1) is 0 Å². The Labute approximate surface area is 128 Å². The molecule has 0 aliphatic carbocycles. The maximum Gasteiger partial charge on any atom is 0.269 e. The molecule has 2 aromatic heterocycles. The summed E-state index contributed by atoms with van der Waals surface area (Å²) in [6.07, 6.45) is 6.58. The first kappa shape index (κ1) is 14.0. The second kappa shape index (κ2) is 6.22. The van der Waals surface area contributed by atoms with Gasteiger partial charge in [0.25, 0.3) is 5.91 Å². The zero-order valence-electron chi connectivity index (χ0n) is 12.2. The van der Waals surface area contributed by atoms with E-state index in [1.54, 1.807) is 6.20 Å². The van der Waals surface area contributed by atoms with Crippen LogP contribution in [0.25, 0.3) is 11.1 Å². The minimum atomic E-state index is -0.165. The number of pyridine rings is 1. The molecule has 3 aromatic rings. The molecule has 0 saturated heterocycles. The summed E-state index contributed by atoms with van der Waals surface area (Å²) in [5, 5.41) is 2.94. The number of aromatic amines is 1. The van der Waals surface area contributed by atoms with Crippen molar-refractivity contribution in [2.75, 3.05) is 0 Å². The van der Waals surface area contributed by atoms with Gasteiger partial charge in [0.05, 0.1) is 18.6 Å². The van der Waals surface area contributed by atoms with Gasteiger partial charge in [-0.15, -0.1) is 0 Å². The number of nitrogens with zero attached hydrogens (tertiary/aromatic N) is 2. The van der Waals surface area contributed by atoms with E-state index >= 15 is 0 Å². The number of nitrogens with one attached hydrogen (secondary N) is 2. The van der Waals surface area contributed by atoms with Gasteiger partial charge in [0.1, 0.15) is 5.69 Å². The van der Waals surface area contributed by atoms with E-state index in [0.717, 1.165) is 16.7 Å². The molecule has 0 aliphatic heterocycles. The highest BCUT2D eigenvalue weighted by Crippen LogP contribution is 2.21. The van der Waals surface area contributed by atoms with Crippen LogP contribution in [-0.2, 0) is 0 Å². The van der Waals surface area contributed by atoms with Crippen LogP contribution in [0.15, 0.2) is 61.3 Å². The van der Waals surface area contributed by atoms with Crippen molar-refractivity contribution in [2.24, 2.45) is 0 Å². The molecule has 5 heteroatoms. The molecule has 1 amide bonds. The van der Waals surface area contributed by atoms with Gasteiger partial charge in [-0.3, -0.25) is 9.78 Å². The zero-order valence-corrected chi connectivity index (χ0v) is 12.2. The van der Waals surface area contributed by atoms with Gasteiger partial charge >= 0.3 is 0 Å². The fourth-order valence-electron chi connectivity index (χ4n) is 2.24. The molecular weight excluding hydrogens is 276 g/mol. The Bertz CT molecular complexity index is 736. The van der Waals surface area contributed by atoms with Gasteiger partial charge in [0.15, 0.2) is 0 Å². The number of carbonyl (C=O) groups is 1. The molecule has 2 heterocycles. The van der Waals surface area contributed by atoms with Crippen LogP contribution < -0.4 is 5.32 Å².